The van der Waals surface area contributed by atoms with Crippen molar-refractivity contribution < 1.29 is 14.0 Å². The molecule has 1 saturated heterocycles. The van der Waals surface area contributed by atoms with Crippen molar-refractivity contribution in [1.29, 1.82) is 0 Å². The first-order valence-electron chi connectivity index (χ1n) is 10.2. The van der Waals surface area contributed by atoms with Gasteiger partial charge >= 0.3 is 0 Å². The molecule has 2 amide bonds. The minimum Gasteiger partial charge on any atom is -0.336 e. The molecule has 2 aromatic carbocycles. The average molecular weight is 449 g/mol. The number of thiocarbonyl (C=S) groups is 1. The molecule has 0 spiro atoms. The summed E-state index contributed by atoms with van der Waals surface area (Å²) in [5, 5.41) is 3.12. The number of nitrogens with one attached hydrogen (secondary N) is 1. The number of aromatic nitrogens is 1. The second-order valence-electron chi connectivity index (χ2n) is 7.37. The molecule has 6 nitrogen and oxygen atoms in total. The van der Waals surface area contributed by atoms with Crippen LogP contribution in [0.4, 0.5) is 15.8 Å². The number of carbonyl (C=O) groups excluding carboxylic acids is 2. The third-order valence-electron chi connectivity index (χ3n) is 5.23. The van der Waals surface area contributed by atoms with Gasteiger partial charge in [0.1, 0.15) is 11.9 Å². The highest BCUT2D eigenvalue weighted by Crippen LogP contribution is 2.28. The van der Waals surface area contributed by atoms with Gasteiger partial charge < -0.3 is 10.2 Å². The molecule has 0 radical (unpaired) electrons. The number of para-hydroxylation sites is 1. The molecule has 1 fully saturated rings. The minimum absolute atomic E-state index is 0.0537. The van der Waals surface area contributed by atoms with Gasteiger partial charge in [-0.2, -0.15) is 0 Å². The lowest BCUT2D eigenvalue weighted by atomic mass is 10.1. The molecule has 0 saturated carbocycles. The first kappa shape index (κ1) is 21.6. The van der Waals surface area contributed by atoms with Gasteiger partial charge in [0.15, 0.2) is 5.11 Å². The van der Waals surface area contributed by atoms with Gasteiger partial charge in [-0.3, -0.25) is 19.5 Å². The van der Waals surface area contributed by atoms with E-state index in [9.17, 15) is 14.0 Å². The predicted octanol–water partition coefficient (Wildman–Crippen LogP) is 3.79. The summed E-state index contributed by atoms with van der Waals surface area (Å²) in [6, 6.07) is 17.7. The van der Waals surface area contributed by atoms with Gasteiger partial charge in [-0.15, -0.1) is 0 Å². The van der Waals surface area contributed by atoms with Crippen LogP contribution in [0.2, 0.25) is 0 Å². The van der Waals surface area contributed by atoms with Gasteiger partial charge in [0, 0.05) is 24.6 Å². The van der Waals surface area contributed by atoms with E-state index in [1.807, 2.05) is 30.3 Å². The number of halogens is 1. The molecule has 162 valence electrons. The zero-order valence-electron chi connectivity index (χ0n) is 17.1. The summed E-state index contributed by atoms with van der Waals surface area (Å²) in [5.41, 5.74) is 2.17. The number of nitrogens with zero attached hydrogens (tertiary/aromatic N) is 3. The molecule has 1 aliphatic rings. The van der Waals surface area contributed by atoms with Crippen LogP contribution in [0.3, 0.4) is 0 Å². The number of pyridine rings is 1. The number of anilines is 2. The van der Waals surface area contributed by atoms with E-state index < -0.39 is 11.9 Å². The first-order valence-corrected chi connectivity index (χ1v) is 10.6. The highest BCUT2D eigenvalue weighted by atomic mass is 32.1. The molecular formula is C24H21FN4O2S. The summed E-state index contributed by atoms with van der Waals surface area (Å²) >= 11 is 5.62. The van der Waals surface area contributed by atoms with E-state index >= 15 is 0 Å². The summed E-state index contributed by atoms with van der Waals surface area (Å²) in [6.07, 6.45) is 3.99. The van der Waals surface area contributed by atoms with Crippen molar-refractivity contribution in [3.63, 3.8) is 0 Å². The first-order chi connectivity index (χ1) is 15.5. The molecule has 0 aliphatic carbocycles. The predicted molar refractivity (Wildman–Crippen MR) is 125 cm³/mol. The van der Waals surface area contributed by atoms with Crippen molar-refractivity contribution in [2.75, 3.05) is 16.8 Å². The molecule has 1 aliphatic heterocycles. The molecule has 8 heteroatoms. The number of hydrogen-bond donors (Lipinski definition) is 1. The number of amides is 2. The van der Waals surface area contributed by atoms with Crippen LogP contribution in [-0.2, 0) is 16.0 Å². The van der Waals surface area contributed by atoms with E-state index in [0.29, 0.717) is 29.5 Å². The monoisotopic (exact) mass is 448 g/mol. The lowest BCUT2D eigenvalue weighted by Gasteiger charge is -2.24. The molecule has 4 rings (SSSR count). The number of benzene rings is 2. The Morgan fingerprint density at radius 1 is 1.03 bits per heavy atom. The smallest absolute Gasteiger partial charge is 0.256 e. The van der Waals surface area contributed by atoms with Crippen molar-refractivity contribution in [2.24, 2.45) is 0 Å². The molecule has 0 bridgehead atoms. The Balaban J connectivity index is 1.56. The maximum Gasteiger partial charge on any atom is 0.256 e. The van der Waals surface area contributed by atoms with Crippen molar-refractivity contribution >= 4 is 40.5 Å². The second kappa shape index (κ2) is 9.65. The Morgan fingerprint density at radius 3 is 2.41 bits per heavy atom. The van der Waals surface area contributed by atoms with E-state index in [-0.39, 0.29) is 18.2 Å². The van der Waals surface area contributed by atoms with Crippen molar-refractivity contribution in [3.05, 3.63) is 90.5 Å². The third-order valence-corrected chi connectivity index (χ3v) is 5.65. The second-order valence-corrected chi connectivity index (χ2v) is 7.73. The van der Waals surface area contributed by atoms with Gasteiger partial charge in [-0.05, 0) is 72.7 Å². The van der Waals surface area contributed by atoms with Crippen LogP contribution < -0.4 is 10.2 Å². The Kier molecular flexibility index (Phi) is 6.51. The topological polar surface area (TPSA) is 65.5 Å². The molecule has 1 atom stereocenters. The quantitative estimate of drug-likeness (QED) is 0.557. The Labute approximate surface area is 190 Å². The zero-order chi connectivity index (χ0) is 22.5. The van der Waals surface area contributed by atoms with Crippen LogP contribution in [0, 0.1) is 5.82 Å². The molecule has 3 aromatic rings. The lowest BCUT2D eigenvalue weighted by molar-refractivity contribution is -0.124. The highest BCUT2D eigenvalue weighted by Gasteiger charge is 2.43. The van der Waals surface area contributed by atoms with E-state index in [4.69, 9.17) is 12.2 Å². The summed E-state index contributed by atoms with van der Waals surface area (Å²) < 4.78 is 13.4. The Hall–Kier alpha value is -3.65. The van der Waals surface area contributed by atoms with E-state index in [2.05, 4.69) is 10.3 Å². The molecule has 1 aromatic heterocycles. The van der Waals surface area contributed by atoms with Crippen molar-refractivity contribution in [1.82, 2.24) is 9.88 Å². The minimum atomic E-state index is -0.752. The molecule has 0 unspecified atom stereocenters. The molecular weight excluding hydrogens is 427 g/mol. The van der Waals surface area contributed by atoms with Gasteiger partial charge in [0.05, 0.1) is 12.1 Å². The standard InChI is InChI=1S/C24H21FN4O2S/c25-18-6-8-20(9-7-18)29-23(31)21(16-22(30)27-19-4-2-1-3-5-19)28(24(29)32)15-12-17-10-13-26-14-11-17/h1-11,13-14,21H,12,15-16H2,(H,27,30)/t21-/m0/s1. The Bertz CT molecular complexity index is 1110. The summed E-state index contributed by atoms with van der Waals surface area (Å²) in [5.74, 6) is -0.994. The van der Waals surface area contributed by atoms with Crippen LogP contribution in [0.25, 0.3) is 0 Å². The van der Waals surface area contributed by atoms with Gasteiger partial charge in [0.25, 0.3) is 5.91 Å². The molecule has 32 heavy (non-hydrogen) atoms. The van der Waals surface area contributed by atoms with Crippen LogP contribution in [-0.4, -0.2) is 39.4 Å². The van der Waals surface area contributed by atoms with Crippen molar-refractivity contribution in [2.45, 2.75) is 18.9 Å². The SMILES string of the molecule is O=C(C[C@H]1C(=O)N(c2ccc(F)cc2)C(=S)N1CCc1ccncc1)Nc1ccccc1. The maximum atomic E-state index is 13.4. The summed E-state index contributed by atoms with van der Waals surface area (Å²) in [6.45, 7) is 0.454. The fourth-order valence-corrected chi connectivity index (χ4v) is 4.04. The largest absolute Gasteiger partial charge is 0.336 e. The maximum absolute atomic E-state index is 13.4. The van der Waals surface area contributed by atoms with Gasteiger partial charge in [0.2, 0.25) is 5.91 Å². The summed E-state index contributed by atoms with van der Waals surface area (Å²) in [4.78, 5) is 33.2. The highest BCUT2D eigenvalue weighted by molar-refractivity contribution is 7.80. The zero-order valence-corrected chi connectivity index (χ0v) is 18.0. The van der Waals surface area contributed by atoms with Crippen LogP contribution >= 0.6 is 12.2 Å². The summed E-state index contributed by atoms with van der Waals surface area (Å²) in [7, 11) is 0. The normalized spacial score (nSPS) is 15.8. The number of hydrogen-bond acceptors (Lipinski definition) is 4. The van der Waals surface area contributed by atoms with Gasteiger partial charge in [-0.25, -0.2) is 4.39 Å². The number of carbonyl (C=O) groups is 2. The average Bonchev–Trinajstić information content (AvgIpc) is 3.03. The fraction of sp³-hybridized carbons (Fsp3) is 0.167. The third kappa shape index (κ3) is 4.81. The van der Waals surface area contributed by atoms with Crippen LogP contribution in [0.15, 0.2) is 79.1 Å². The molecule has 1 N–H and O–H groups in total. The van der Waals surface area contributed by atoms with E-state index in [1.54, 1.807) is 29.4 Å². The lowest BCUT2D eigenvalue weighted by Crippen LogP contribution is -2.39. The van der Waals surface area contributed by atoms with Crippen molar-refractivity contribution in [3.8, 4) is 0 Å². The van der Waals surface area contributed by atoms with E-state index in [1.165, 1.54) is 29.2 Å². The number of rotatable bonds is 7. The Morgan fingerprint density at radius 2 is 1.72 bits per heavy atom. The van der Waals surface area contributed by atoms with Crippen LogP contribution in [0.5, 0.6) is 0 Å². The van der Waals surface area contributed by atoms with Gasteiger partial charge in [-0.1, -0.05) is 18.2 Å². The van der Waals surface area contributed by atoms with Crippen LogP contribution in [0.1, 0.15) is 12.0 Å². The van der Waals surface area contributed by atoms with E-state index in [0.717, 1.165) is 5.56 Å². The molecule has 2 heterocycles. The fourth-order valence-electron chi connectivity index (χ4n) is 3.62.